The van der Waals surface area contributed by atoms with E-state index in [1.807, 2.05) is 0 Å². The molecule has 1 aromatic carbocycles. The summed E-state index contributed by atoms with van der Waals surface area (Å²) in [5, 5.41) is 23.5. The van der Waals surface area contributed by atoms with Gasteiger partial charge in [-0.1, -0.05) is 17.7 Å². The van der Waals surface area contributed by atoms with Gasteiger partial charge in [0.2, 0.25) is 5.91 Å². The van der Waals surface area contributed by atoms with Crippen molar-refractivity contribution in [3.05, 3.63) is 29.3 Å². The molecule has 1 amide bonds. The number of hydrogen-bond donors (Lipinski definition) is 4. The summed E-state index contributed by atoms with van der Waals surface area (Å²) < 4.78 is 0. The van der Waals surface area contributed by atoms with Crippen molar-refractivity contribution >= 4 is 23.2 Å². The number of nitrogens with one attached hydrogen (secondary N) is 2. The van der Waals surface area contributed by atoms with E-state index in [9.17, 15) is 4.79 Å². The van der Waals surface area contributed by atoms with E-state index < -0.39 is 6.04 Å². The van der Waals surface area contributed by atoms with Crippen LogP contribution in [0, 0.1) is 0 Å². The van der Waals surface area contributed by atoms with Gasteiger partial charge in [-0.05, 0) is 18.2 Å². The fourth-order valence-electron chi connectivity index (χ4n) is 1.20. The average molecular weight is 259 g/mol. The number of halogens is 1. The molecule has 6 heteroatoms. The molecule has 0 heterocycles. The minimum Gasteiger partial charge on any atom is -0.395 e. The second kappa shape index (κ2) is 7.24. The summed E-state index contributed by atoms with van der Waals surface area (Å²) in [5.41, 5.74) is 0.605. The van der Waals surface area contributed by atoms with Crippen LogP contribution < -0.4 is 10.6 Å². The lowest BCUT2D eigenvalue weighted by Gasteiger charge is -2.13. The van der Waals surface area contributed by atoms with Crippen molar-refractivity contribution in [1.29, 1.82) is 0 Å². The Morgan fingerprint density at radius 1 is 1.35 bits per heavy atom. The predicted octanol–water partition coefficient (Wildman–Crippen LogP) is 0.221. The smallest absolute Gasteiger partial charge is 0.238 e. The van der Waals surface area contributed by atoms with Crippen molar-refractivity contribution in [1.82, 2.24) is 5.32 Å². The van der Waals surface area contributed by atoms with Gasteiger partial charge in [0.1, 0.15) is 0 Å². The monoisotopic (exact) mass is 258 g/mol. The van der Waals surface area contributed by atoms with Gasteiger partial charge in [0.25, 0.3) is 0 Å². The van der Waals surface area contributed by atoms with Gasteiger partial charge in [-0.2, -0.15) is 0 Å². The van der Waals surface area contributed by atoms with Gasteiger partial charge >= 0.3 is 0 Å². The Bertz CT molecular complexity index is 369. The number of rotatable bonds is 6. The molecule has 0 saturated carbocycles. The Labute approximate surface area is 104 Å². The number of anilines is 1. The third kappa shape index (κ3) is 5.14. The number of aliphatic hydroxyl groups excluding tert-OH is 2. The van der Waals surface area contributed by atoms with Crippen LogP contribution in [0.4, 0.5) is 5.69 Å². The maximum Gasteiger partial charge on any atom is 0.238 e. The standard InChI is InChI=1S/C11H15ClN2O3/c12-8-2-1-3-9(4-8)14-11(17)5-13-10(6-15)7-16/h1-4,10,13,15-16H,5-7H2,(H,14,17). The maximum atomic E-state index is 11.5. The molecule has 17 heavy (non-hydrogen) atoms. The van der Waals surface area contributed by atoms with Crippen LogP contribution in [0.15, 0.2) is 24.3 Å². The molecule has 0 aliphatic carbocycles. The summed E-state index contributed by atoms with van der Waals surface area (Å²) in [7, 11) is 0. The van der Waals surface area contributed by atoms with Crippen LogP contribution in [-0.2, 0) is 4.79 Å². The highest BCUT2D eigenvalue weighted by atomic mass is 35.5. The van der Waals surface area contributed by atoms with E-state index in [1.165, 1.54) is 0 Å². The van der Waals surface area contributed by atoms with E-state index in [-0.39, 0.29) is 25.7 Å². The minimum atomic E-state index is -0.486. The molecule has 0 bridgehead atoms. The first kappa shape index (κ1) is 13.9. The number of aliphatic hydroxyl groups is 2. The molecule has 0 spiro atoms. The molecule has 4 N–H and O–H groups in total. The lowest BCUT2D eigenvalue weighted by Crippen LogP contribution is -2.40. The third-order valence-electron chi connectivity index (χ3n) is 2.10. The van der Waals surface area contributed by atoms with Crippen molar-refractivity contribution < 1.29 is 15.0 Å². The summed E-state index contributed by atoms with van der Waals surface area (Å²) in [5.74, 6) is -0.265. The highest BCUT2D eigenvalue weighted by molar-refractivity contribution is 6.30. The summed E-state index contributed by atoms with van der Waals surface area (Å²) in [6, 6.07) is 6.31. The van der Waals surface area contributed by atoms with Crippen molar-refractivity contribution in [3.63, 3.8) is 0 Å². The van der Waals surface area contributed by atoms with Gasteiger partial charge in [0.05, 0.1) is 25.8 Å². The largest absolute Gasteiger partial charge is 0.395 e. The van der Waals surface area contributed by atoms with Gasteiger partial charge in [0.15, 0.2) is 0 Å². The Kier molecular flexibility index (Phi) is 5.93. The molecule has 94 valence electrons. The van der Waals surface area contributed by atoms with Crippen LogP contribution in [0.1, 0.15) is 0 Å². The fourth-order valence-corrected chi connectivity index (χ4v) is 1.39. The summed E-state index contributed by atoms with van der Waals surface area (Å²) in [6.45, 7) is -0.430. The van der Waals surface area contributed by atoms with Gasteiger partial charge in [-0.15, -0.1) is 0 Å². The summed E-state index contributed by atoms with van der Waals surface area (Å²) in [4.78, 5) is 11.5. The molecule has 0 radical (unpaired) electrons. The van der Waals surface area contributed by atoms with Crippen molar-refractivity contribution in [3.8, 4) is 0 Å². The molecule has 0 aliphatic heterocycles. The molecular weight excluding hydrogens is 244 g/mol. The number of benzene rings is 1. The zero-order chi connectivity index (χ0) is 12.7. The summed E-state index contributed by atoms with van der Waals surface area (Å²) >= 11 is 5.77. The predicted molar refractivity (Wildman–Crippen MR) is 66.0 cm³/mol. The van der Waals surface area contributed by atoms with Gasteiger partial charge in [-0.25, -0.2) is 0 Å². The van der Waals surface area contributed by atoms with E-state index in [0.29, 0.717) is 10.7 Å². The lowest BCUT2D eigenvalue weighted by molar-refractivity contribution is -0.115. The van der Waals surface area contributed by atoms with Crippen LogP contribution in [0.2, 0.25) is 5.02 Å². The zero-order valence-electron chi connectivity index (χ0n) is 9.19. The third-order valence-corrected chi connectivity index (χ3v) is 2.34. The molecule has 1 aromatic rings. The van der Waals surface area contributed by atoms with E-state index >= 15 is 0 Å². The number of carbonyl (C=O) groups excluding carboxylic acids is 1. The van der Waals surface area contributed by atoms with Crippen LogP contribution >= 0.6 is 11.6 Å². The number of amides is 1. The Balaban J connectivity index is 2.39. The van der Waals surface area contributed by atoms with E-state index in [1.54, 1.807) is 24.3 Å². The molecule has 0 atom stereocenters. The van der Waals surface area contributed by atoms with Crippen molar-refractivity contribution in [2.75, 3.05) is 25.1 Å². The first-order valence-corrected chi connectivity index (χ1v) is 5.54. The minimum absolute atomic E-state index is 0.0122. The first-order valence-electron chi connectivity index (χ1n) is 5.16. The maximum absolute atomic E-state index is 11.5. The Morgan fingerprint density at radius 2 is 2.06 bits per heavy atom. The lowest BCUT2D eigenvalue weighted by atomic mass is 10.3. The quantitative estimate of drug-likeness (QED) is 0.589. The molecule has 0 unspecified atom stereocenters. The van der Waals surface area contributed by atoms with Crippen LogP contribution in [0.5, 0.6) is 0 Å². The molecular formula is C11H15ClN2O3. The number of carbonyl (C=O) groups is 1. The first-order chi connectivity index (χ1) is 8.15. The molecule has 0 aliphatic rings. The second-order valence-electron chi connectivity index (χ2n) is 3.50. The molecule has 1 rings (SSSR count). The van der Waals surface area contributed by atoms with Crippen molar-refractivity contribution in [2.45, 2.75) is 6.04 Å². The van der Waals surface area contributed by atoms with Gasteiger partial charge in [-0.3, -0.25) is 4.79 Å². The molecule has 0 fully saturated rings. The number of hydrogen-bond acceptors (Lipinski definition) is 4. The Hall–Kier alpha value is -1.14. The SMILES string of the molecule is O=C(CNC(CO)CO)Nc1cccc(Cl)c1. The summed E-state index contributed by atoms with van der Waals surface area (Å²) in [6.07, 6.45) is 0. The highest BCUT2D eigenvalue weighted by Crippen LogP contribution is 2.14. The topological polar surface area (TPSA) is 81.6 Å². The van der Waals surface area contributed by atoms with Gasteiger partial charge < -0.3 is 20.8 Å². The van der Waals surface area contributed by atoms with Crippen LogP contribution in [0.3, 0.4) is 0 Å². The zero-order valence-corrected chi connectivity index (χ0v) is 9.94. The highest BCUT2D eigenvalue weighted by Gasteiger charge is 2.08. The van der Waals surface area contributed by atoms with Crippen LogP contribution in [-0.4, -0.2) is 41.9 Å². The van der Waals surface area contributed by atoms with E-state index in [4.69, 9.17) is 21.8 Å². The molecule has 0 saturated heterocycles. The van der Waals surface area contributed by atoms with E-state index in [2.05, 4.69) is 10.6 Å². The fraction of sp³-hybridized carbons (Fsp3) is 0.364. The molecule has 5 nitrogen and oxygen atoms in total. The Morgan fingerprint density at radius 3 is 2.65 bits per heavy atom. The second-order valence-corrected chi connectivity index (χ2v) is 3.94. The van der Waals surface area contributed by atoms with E-state index in [0.717, 1.165) is 0 Å². The van der Waals surface area contributed by atoms with Crippen molar-refractivity contribution in [2.24, 2.45) is 0 Å². The van der Waals surface area contributed by atoms with Gasteiger partial charge in [0, 0.05) is 10.7 Å². The van der Waals surface area contributed by atoms with Crippen LogP contribution in [0.25, 0.3) is 0 Å². The average Bonchev–Trinajstić information content (AvgIpc) is 2.30. The normalized spacial score (nSPS) is 10.6. The molecule has 0 aromatic heterocycles.